The Morgan fingerprint density at radius 2 is 1.71 bits per heavy atom. The van der Waals surface area contributed by atoms with Crippen molar-refractivity contribution >= 4 is 15.9 Å². The molecule has 112 valence electrons. The molecule has 0 saturated carbocycles. The minimum Gasteiger partial charge on any atom is -0.496 e. The van der Waals surface area contributed by atoms with Crippen LogP contribution in [-0.4, -0.2) is 19.3 Å². The van der Waals surface area contributed by atoms with Gasteiger partial charge in [-0.25, -0.2) is 0 Å². The van der Waals surface area contributed by atoms with Crippen molar-refractivity contribution in [3.05, 3.63) is 57.6 Å². The van der Waals surface area contributed by atoms with Gasteiger partial charge in [0.1, 0.15) is 11.5 Å². The summed E-state index contributed by atoms with van der Waals surface area (Å²) in [5.41, 5.74) is 2.98. The van der Waals surface area contributed by atoms with Crippen LogP contribution in [0, 0.1) is 6.92 Å². The van der Waals surface area contributed by atoms with E-state index in [1.807, 2.05) is 43.3 Å². The van der Waals surface area contributed by atoms with E-state index in [2.05, 4.69) is 15.9 Å². The molecule has 3 nitrogen and oxygen atoms in total. The third-order valence-corrected chi connectivity index (χ3v) is 4.03. The first-order valence-corrected chi connectivity index (χ1v) is 7.49. The summed E-state index contributed by atoms with van der Waals surface area (Å²) in [7, 11) is 3.26. The van der Waals surface area contributed by atoms with Gasteiger partial charge in [0.25, 0.3) is 0 Å². The smallest absolute Gasteiger partial charge is 0.133 e. The van der Waals surface area contributed by atoms with E-state index in [9.17, 15) is 5.11 Å². The van der Waals surface area contributed by atoms with Crippen molar-refractivity contribution in [2.45, 2.75) is 19.4 Å². The zero-order valence-corrected chi connectivity index (χ0v) is 14.0. The normalized spacial score (nSPS) is 12.0. The fourth-order valence-electron chi connectivity index (χ4n) is 2.28. The highest BCUT2D eigenvalue weighted by molar-refractivity contribution is 9.10. The van der Waals surface area contributed by atoms with Gasteiger partial charge < -0.3 is 14.6 Å². The molecular weight excluding hydrogens is 332 g/mol. The molecule has 1 unspecified atom stereocenters. The Balaban J connectivity index is 2.23. The predicted molar refractivity (Wildman–Crippen MR) is 87.1 cm³/mol. The van der Waals surface area contributed by atoms with Crippen LogP contribution in [0.1, 0.15) is 22.8 Å². The van der Waals surface area contributed by atoms with E-state index in [1.54, 1.807) is 14.2 Å². The van der Waals surface area contributed by atoms with E-state index in [4.69, 9.17) is 9.47 Å². The Kier molecular flexibility index (Phi) is 5.26. The Morgan fingerprint density at radius 3 is 2.33 bits per heavy atom. The molecule has 0 aliphatic heterocycles. The molecule has 0 aliphatic carbocycles. The molecule has 0 fully saturated rings. The number of aliphatic hydroxyl groups excluding tert-OH is 1. The first-order chi connectivity index (χ1) is 10.0. The molecule has 21 heavy (non-hydrogen) atoms. The SMILES string of the molecule is COc1ccc(C(O)Cc2cc(C)ccc2OC)cc1Br. The first kappa shape index (κ1) is 15.9. The monoisotopic (exact) mass is 350 g/mol. The van der Waals surface area contributed by atoms with Crippen LogP contribution in [0.15, 0.2) is 40.9 Å². The zero-order valence-electron chi connectivity index (χ0n) is 12.4. The number of halogens is 1. The summed E-state index contributed by atoms with van der Waals surface area (Å²) < 4.78 is 11.4. The van der Waals surface area contributed by atoms with Crippen LogP contribution >= 0.6 is 15.9 Å². The molecule has 1 atom stereocenters. The van der Waals surface area contributed by atoms with Crippen LogP contribution in [0.25, 0.3) is 0 Å². The largest absolute Gasteiger partial charge is 0.496 e. The molecule has 2 aromatic carbocycles. The quantitative estimate of drug-likeness (QED) is 0.883. The van der Waals surface area contributed by atoms with Gasteiger partial charge in [0.15, 0.2) is 0 Å². The average molecular weight is 351 g/mol. The molecule has 0 heterocycles. The third kappa shape index (κ3) is 3.77. The summed E-state index contributed by atoms with van der Waals surface area (Å²) in [6.45, 7) is 2.03. The van der Waals surface area contributed by atoms with Gasteiger partial charge in [-0.15, -0.1) is 0 Å². The Morgan fingerprint density at radius 1 is 1.05 bits per heavy atom. The van der Waals surface area contributed by atoms with Crippen molar-refractivity contribution in [3.63, 3.8) is 0 Å². The number of ether oxygens (including phenoxy) is 2. The number of hydrogen-bond acceptors (Lipinski definition) is 3. The van der Waals surface area contributed by atoms with E-state index in [-0.39, 0.29) is 0 Å². The van der Waals surface area contributed by atoms with Crippen molar-refractivity contribution in [2.24, 2.45) is 0 Å². The number of hydrogen-bond donors (Lipinski definition) is 1. The first-order valence-electron chi connectivity index (χ1n) is 6.70. The van der Waals surface area contributed by atoms with Gasteiger partial charge in [-0.2, -0.15) is 0 Å². The molecule has 0 radical (unpaired) electrons. The zero-order chi connectivity index (χ0) is 15.4. The predicted octanol–water partition coefficient (Wildman–Crippen LogP) is 4.05. The Bertz CT molecular complexity index is 625. The van der Waals surface area contributed by atoms with Crippen molar-refractivity contribution < 1.29 is 14.6 Å². The van der Waals surface area contributed by atoms with Gasteiger partial charge in [-0.05, 0) is 52.2 Å². The molecule has 2 rings (SSSR count). The Labute approximate surface area is 133 Å². The highest BCUT2D eigenvalue weighted by atomic mass is 79.9. The summed E-state index contributed by atoms with van der Waals surface area (Å²) in [4.78, 5) is 0. The lowest BCUT2D eigenvalue weighted by molar-refractivity contribution is 0.177. The van der Waals surface area contributed by atoms with Crippen molar-refractivity contribution in [1.29, 1.82) is 0 Å². The Hall–Kier alpha value is -1.52. The van der Waals surface area contributed by atoms with Crippen LogP contribution in [0.5, 0.6) is 11.5 Å². The summed E-state index contributed by atoms with van der Waals surface area (Å²) in [6.07, 6.45) is -0.0909. The highest BCUT2D eigenvalue weighted by Gasteiger charge is 2.14. The van der Waals surface area contributed by atoms with Crippen LogP contribution in [0.3, 0.4) is 0 Å². The van der Waals surface area contributed by atoms with Crippen LogP contribution < -0.4 is 9.47 Å². The molecule has 2 aromatic rings. The lowest BCUT2D eigenvalue weighted by Crippen LogP contribution is -2.04. The number of aliphatic hydroxyl groups is 1. The molecular formula is C17H19BrO3. The van der Waals surface area contributed by atoms with Crippen LogP contribution in [0.2, 0.25) is 0 Å². The summed E-state index contributed by atoms with van der Waals surface area (Å²) in [6, 6.07) is 11.6. The summed E-state index contributed by atoms with van der Waals surface area (Å²) >= 11 is 3.44. The van der Waals surface area contributed by atoms with E-state index in [0.717, 1.165) is 32.7 Å². The maximum atomic E-state index is 10.5. The second-order valence-electron chi connectivity index (χ2n) is 4.93. The van der Waals surface area contributed by atoms with Crippen molar-refractivity contribution in [2.75, 3.05) is 14.2 Å². The number of benzene rings is 2. The molecule has 0 saturated heterocycles. The van der Waals surface area contributed by atoms with Gasteiger partial charge in [0.2, 0.25) is 0 Å². The fourth-order valence-corrected chi connectivity index (χ4v) is 2.84. The van der Waals surface area contributed by atoms with E-state index in [0.29, 0.717) is 6.42 Å². The van der Waals surface area contributed by atoms with E-state index >= 15 is 0 Å². The molecule has 0 aromatic heterocycles. The molecule has 0 aliphatic rings. The van der Waals surface area contributed by atoms with Gasteiger partial charge >= 0.3 is 0 Å². The lowest BCUT2D eigenvalue weighted by Gasteiger charge is -2.15. The summed E-state index contributed by atoms with van der Waals surface area (Å²) in [5, 5.41) is 10.5. The number of rotatable bonds is 5. The molecule has 0 bridgehead atoms. The third-order valence-electron chi connectivity index (χ3n) is 3.41. The standard InChI is InChI=1S/C17H19BrO3/c1-11-4-6-16(20-2)13(8-11)10-15(19)12-5-7-17(21-3)14(18)9-12/h4-9,15,19H,10H2,1-3H3. The fraction of sp³-hybridized carbons (Fsp3) is 0.294. The number of methoxy groups -OCH3 is 2. The molecule has 0 amide bonds. The maximum Gasteiger partial charge on any atom is 0.133 e. The van der Waals surface area contributed by atoms with Gasteiger partial charge in [0.05, 0.1) is 24.8 Å². The highest BCUT2D eigenvalue weighted by Crippen LogP contribution is 2.31. The summed E-state index contributed by atoms with van der Waals surface area (Å²) in [5.74, 6) is 1.55. The minimum atomic E-state index is -0.595. The number of aryl methyl sites for hydroxylation is 1. The molecule has 0 spiro atoms. The maximum absolute atomic E-state index is 10.5. The molecule has 4 heteroatoms. The molecule has 1 N–H and O–H groups in total. The van der Waals surface area contributed by atoms with Gasteiger partial charge in [-0.1, -0.05) is 23.8 Å². The topological polar surface area (TPSA) is 38.7 Å². The second kappa shape index (κ2) is 6.96. The second-order valence-corrected chi connectivity index (χ2v) is 5.78. The minimum absolute atomic E-state index is 0.504. The van der Waals surface area contributed by atoms with Gasteiger partial charge in [0, 0.05) is 6.42 Å². The van der Waals surface area contributed by atoms with Crippen LogP contribution in [-0.2, 0) is 6.42 Å². The van der Waals surface area contributed by atoms with Gasteiger partial charge in [-0.3, -0.25) is 0 Å². The van der Waals surface area contributed by atoms with E-state index in [1.165, 1.54) is 0 Å². The van der Waals surface area contributed by atoms with E-state index < -0.39 is 6.10 Å². The van der Waals surface area contributed by atoms with Crippen molar-refractivity contribution in [3.8, 4) is 11.5 Å². The van der Waals surface area contributed by atoms with Crippen molar-refractivity contribution in [1.82, 2.24) is 0 Å². The lowest BCUT2D eigenvalue weighted by atomic mass is 9.99. The average Bonchev–Trinajstić information content (AvgIpc) is 2.47. The van der Waals surface area contributed by atoms with Crippen LogP contribution in [0.4, 0.5) is 0 Å².